The van der Waals surface area contributed by atoms with Gasteiger partial charge in [-0.2, -0.15) is 0 Å². The second kappa shape index (κ2) is 9.14. The highest BCUT2D eigenvalue weighted by molar-refractivity contribution is 8.07. The Kier molecular flexibility index (Phi) is 7.17. The highest BCUT2D eigenvalue weighted by atomic mass is 35.5. The summed E-state index contributed by atoms with van der Waals surface area (Å²) < 4.78 is 5.28. The summed E-state index contributed by atoms with van der Waals surface area (Å²) in [5.41, 5.74) is 1.93. The minimum Gasteiger partial charge on any atom is -0.496 e. The highest BCUT2D eigenvalue weighted by Gasteiger charge is 2.28. The average Bonchev–Trinajstić information content (AvgIpc) is 2.94. The topological polar surface area (TPSA) is 62.1 Å². The molecule has 0 unspecified atom stereocenters. The molecule has 1 aliphatic rings. The maximum absolute atomic E-state index is 12.9. The molecule has 0 aliphatic carbocycles. The fraction of sp³-hybridized carbons (Fsp3) is 0.368. The Morgan fingerprint density at radius 3 is 2.81 bits per heavy atom. The molecule has 0 radical (unpaired) electrons. The van der Waals surface area contributed by atoms with Gasteiger partial charge < -0.3 is 14.8 Å². The van der Waals surface area contributed by atoms with Gasteiger partial charge in [0.1, 0.15) is 5.75 Å². The normalized spacial score (nSPS) is 16.6. The first-order chi connectivity index (χ1) is 12.4. The smallest absolute Gasteiger partial charge is 0.192 e. The van der Waals surface area contributed by atoms with Gasteiger partial charge >= 0.3 is 0 Å². The van der Waals surface area contributed by atoms with E-state index in [0.717, 1.165) is 35.0 Å². The number of benzene rings is 1. The van der Waals surface area contributed by atoms with E-state index in [2.05, 4.69) is 17.0 Å². The number of carbonyl (C=O) groups is 1. The van der Waals surface area contributed by atoms with Crippen LogP contribution in [-0.2, 0) is 0 Å². The summed E-state index contributed by atoms with van der Waals surface area (Å²) in [6, 6.07) is 4.98. The molecule has 140 valence electrons. The summed E-state index contributed by atoms with van der Waals surface area (Å²) in [6.45, 7) is 6.63. The number of ether oxygens (including phenoxy) is 1. The first-order valence-corrected chi connectivity index (χ1v) is 9.57. The molecule has 0 aromatic heterocycles. The molecule has 0 fully saturated rings. The van der Waals surface area contributed by atoms with Crippen molar-refractivity contribution in [1.29, 1.82) is 0 Å². The van der Waals surface area contributed by atoms with E-state index in [9.17, 15) is 4.79 Å². The molecule has 1 N–H and O–H groups in total. The zero-order valence-corrected chi connectivity index (χ0v) is 16.9. The third-order valence-electron chi connectivity index (χ3n) is 4.10. The quantitative estimate of drug-likeness (QED) is 0.223. The lowest BCUT2D eigenvalue weighted by Crippen LogP contribution is -2.18. The molecular formula is C19H23ClN2O3S. The lowest BCUT2D eigenvalue weighted by Gasteiger charge is -2.21. The summed E-state index contributed by atoms with van der Waals surface area (Å²) in [6.07, 6.45) is 3.63. The van der Waals surface area contributed by atoms with Crippen molar-refractivity contribution in [3.8, 4) is 5.75 Å². The van der Waals surface area contributed by atoms with Gasteiger partial charge in [0.2, 0.25) is 0 Å². The van der Waals surface area contributed by atoms with Crippen molar-refractivity contribution < 1.29 is 14.7 Å². The average molecular weight is 395 g/mol. The van der Waals surface area contributed by atoms with Crippen LogP contribution in [-0.4, -0.2) is 35.3 Å². The molecule has 0 saturated heterocycles. The number of halogens is 1. The molecule has 1 aliphatic heterocycles. The molecule has 1 heterocycles. The summed E-state index contributed by atoms with van der Waals surface area (Å²) in [4.78, 5) is 15.8. The Hall–Kier alpha value is -1.92. The van der Waals surface area contributed by atoms with Gasteiger partial charge in [0.05, 0.1) is 28.3 Å². The number of ketones is 1. The predicted octanol–water partition coefficient (Wildman–Crippen LogP) is 5.30. The van der Waals surface area contributed by atoms with Crippen LogP contribution in [0.25, 0.3) is 0 Å². The number of carbonyl (C=O) groups excluding carboxylic acids is 1. The summed E-state index contributed by atoms with van der Waals surface area (Å²) in [7, 11) is 1.52. The largest absolute Gasteiger partial charge is 0.496 e. The van der Waals surface area contributed by atoms with Gasteiger partial charge in [0.25, 0.3) is 0 Å². The Morgan fingerprint density at radius 2 is 2.19 bits per heavy atom. The van der Waals surface area contributed by atoms with Crippen LogP contribution in [0.5, 0.6) is 5.75 Å². The maximum atomic E-state index is 12.9. The van der Waals surface area contributed by atoms with E-state index in [-0.39, 0.29) is 5.78 Å². The van der Waals surface area contributed by atoms with Crippen LogP contribution in [0.1, 0.15) is 44.0 Å². The molecule has 0 amide bonds. The summed E-state index contributed by atoms with van der Waals surface area (Å²) >= 11 is 7.47. The molecule has 0 spiro atoms. The van der Waals surface area contributed by atoms with Crippen LogP contribution >= 0.6 is 23.4 Å². The fourth-order valence-corrected chi connectivity index (χ4v) is 4.00. The van der Waals surface area contributed by atoms with Gasteiger partial charge in [-0.1, -0.05) is 41.9 Å². The third-order valence-corrected chi connectivity index (χ3v) is 5.68. The molecule has 0 bridgehead atoms. The number of oxime groups is 1. The number of hydrogen-bond donors (Lipinski definition) is 1. The van der Waals surface area contributed by atoms with Gasteiger partial charge in [0.15, 0.2) is 5.78 Å². The Labute approximate surface area is 163 Å². The third kappa shape index (κ3) is 4.43. The van der Waals surface area contributed by atoms with E-state index in [1.54, 1.807) is 31.2 Å². The van der Waals surface area contributed by atoms with Gasteiger partial charge in [-0.25, -0.2) is 0 Å². The van der Waals surface area contributed by atoms with Crippen LogP contribution in [0, 0.1) is 0 Å². The number of allylic oxidation sites excluding steroid dienone is 3. The van der Waals surface area contributed by atoms with Gasteiger partial charge in [-0.15, -0.1) is 0 Å². The monoisotopic (exact) mass is 394 g/mol. The van der Waals surface area contributed by atoms with Crippen LogP contribution in [0.4, 0.5) is 0 Å². The van der Waals surface area contributed by atoms with Gasteiger partial charge in [-0.05, 0) is 38.5 Å². The molecule has 1 aromatic carbocycles. The zero-order valence-electron chi connectivity index (χ0n) is 15.4. The number of methoxy groups -OCH3 is 1. The Balaban J connectivity index is 2.39. The van der Waals surface area contributed by atoms with E-state index < -0.39 is 0 Å². The number of hydrogen-bond acceptors (Lipinski definition) is 6. The van der Waals surface area contributed by atoms with Crippen molar-refractivity contribution in [3.63, 3.8) is 0 Å². The number of nitrogens with zero attached hydrogens (tertiary/aromatic N) is 2. The van der Waals surface area contributed by atoms with Crippen molar-refractivity contribution in [1.82, 2.24) is 4.90 Å². The molecular weight excluding hydrogens is 372 g/mol. The van der Waals surface area contributed by atoms with Crippen molar-refractivity contribution in [2.45, 2.75) is 33.6 Å². The first-order valence-electron chi connectivity index (χ1n) is 8.37. The highest BCUT2D eigenvalue weighted by Crippen LogP contribution is 2.42. The maximum Gasteiger partial charge on any atom is 0.192 e. The van der Waals surface area contributed by atoms with E-state index in [0.29, 0.717) is 22.0 Å². The molecule has 0 atom stereocenters. The van der Waals surface area contributed by atoms with E-state index in [1.165, 1.54) is 18.9 Å². The summed E-state index contributed by atoms with van der Waals surface area (Å²) in [5.74, 6) is 0.304. The molecule has 1 aromatic rings. The van der Waals surface area contributed by atoms with Crippen molar-refractivity contribution in [2.24, 2.45) is 5.16 Å². The molecule has 2 rings (SSSR count). The van der Waals surface area contributed by atoms with Crippen LogP contribution in [0.15, 0.2) is 45.1 Å². The lowest BCUT2D eigenvalue weighted by molar-refractivity contribution is 0.104. The zero-order chi connectivity index (χ0) is 19.3. The van der Waals surface area contributed by atoms with Crippen LogP contribution < -0.4 is 4.74 Å². The van der Waals surface area contributed by atoms with Crippen molar-refractivity contribution in [2.75, 3.05) is 13.7 Å². The first kappa shape index (κ1) is 20.4. The Bertz CT molecular complexity index is 787. The predicted molar refractivity (Wildman–Crippen MR) is 107 cm³/mol. The second-order valence-corrected chi connectivity index (χ2v) is 7.37. The lowest BCUT2D eigenvalue weighted by atomic mass is 10.1. The molecule has 26 heavy (non-hydrogen) atoms. The van der Waals surface area contributed by atoms with Crippen molar-refractivity contribution in [3.05, 3.63) is 50.5 Å². The van der Waals surface area contributed by atoms with E-state index in [1.807, 2.05) is 6.92 Å². The minimum atomic E-state index is -0.180. The number of thioether (sulfide) groups is 1. The SMILES string of the molecule is CCCCN1C(C)=C(/C(C)=N\O)S/C1=C/C(=O)c1cc(Cl)ccc1OC. The molecule has 0 saturated carbocycles. The second-order valence-electron chi connectivity index (χ2n) is 5.90. The van der Waals surface area contributed by atoms with Gasteiger partial charge in [-0.3, -0.25) is 4.79 Å². The molecule has 5 nitrogen and oxygen atoms in total. The van der Waals surface area contributed by atoms with Crippen molar-refractivity contribution >= 4 is 34.9 Å². The summed E-state index contributed by atoms with van der Waals surface area (Å²) in [5, 5.41) is 13.7. The molecule has 7 heteroatoms. The number of unbranched alkanes of at least 4 members (excludes halogenated alkanes) is 1. The minimum absolute atomic E-state index is 0.180. The van der Waals surface area contributed by atoms with Crippen LogP contribution in [0.3, 0.4) is 0 Å². The van der Waals surface area contributed by atoms with Gasteiger partial charge in [0, 0.05) is 23.3 Å². The van der Waals surface area contributed by atoms with E-state index in [4.69, 9.17) is 21.5 Å². The fourth-order valence-electron chi connectivity index (χ4n) is 2.67. The van der Waals surface area contributed by atoms with Crippen LogP contribution in [0.2, 0.25) is 5.02 Å². The van der Waals surface area contributed by atoms with E-state index >= 15 is 0 Å². The Morgan fingerprint density at radius 1 is 1.46 bits per heavy atom. The standard InChI is InChI=1S/C19H23ClN2O3S/c1-5-6-9-22-13(3)19(12(2)21-24)26-18(22)11-16(23)15-10-14(20)7-8-17(15)25-4/h7-8,10-11,24H,5-6,9H2,1-4H3/b18-11+,21-12-. The number of rotatable bonds is 7.